The van der Waals surface area contributed by atoms with Crippen LogP contribution in [-0.2, 0) is 4.74 Å². The van der Waals surface area contributed by atoms with Crippen molar-refractivity contribution in [3.63, 3.8) is 0 Å². The van der Waals surface area contributed by atoms with Crippen LogP contribution in [0.4, 0.5) is 11.6 Å². The van der Waals surface area contributed by atoms with Crippen LogP contribution in [0.15, 0.2) is 12.4 Å². The molecule has 94 valence electrons. The molecule has 1 aromatic heterocycles. The van der Waals surface area contributed by atoms with E-state index in [1.165, 1.54) is 12.8 Å². The number of ether oxygens (including phenoxy) is 1. The second-order valence-corrected chi connectivity index (χ2v) is 4.53. The second-order valence-electron chi connectivity index (χ2n) is 4.53. The molecule has 1 aromatic rings. The van der Waals surface area contributed by atoms with Gasteiger partial charge < -0.3 is 15.4 Å². The van der Waals surface area contributed by atoms with Crippen LogP contribution in [0.1, 0.15) is 19.8 Å². The Hall–Kier alpha value is -1.36. The highest BCUT2D eigenvalue weighted by atomic mass is 16.5. The molecule has 2 N–H and O–H groups in total. The van der Waals surface area contributed by atoms with Crippen LogP contribution in [-0.4, -0.2) is 36.3 Å². The van der Waals surface area contributed by atoms with E-state index in [9.17, 15) is 0 Å². The molecular formula is C12H20N4O. The number of hydrogen-bond donors (Lipinski definition) is 1. The molecule has 0 amide bonds. The molecule has 0 saturated heterocycles. The van der Waals surface area contributed by atoms with Crippen molar-refractivity contribution in [1.82, 2.24) is 9.97 Å². The number of hydrogen-bond acceptors (Lipinski definition) is 5. The fraction of sp³-hybridized carbons (Fsp3) is 0.667. The SMILES string of the molecule is COCCN(c1nccnc1N)C(C)C1CC1. The van der Waals surface area contributed by atoms with Crippen molar-refractivity contribution in [2.45, 2.75) is 25.8 Å². The number of aromatic nitrogens is 2. The first-order valence-electron chi connectivity index (χ1n) is 6.06. The largest absolute Gasteiger partial charge is 0.383 e. The maximum absolute atomic E-state index is 5.90. The molecule has 0 spiro atoms. The predicted octanol–water partition coefficient (Wildman–Crippen LogP) is 1.31. The number of anilines is 2. The molecule has 1 heterocycles. The Morgan fingerprint density at radius 1 is 1.47 bits per heavy atom. The van der Waals surface area contributed by atoms with Gasteiger partial charge in [0.1, 0.15) is 0 Å². The number of methoxy groups -OCH3 is 1. The van der Waals surface area contributed by atoms with Gasteiger partial charge in [-0.2, -0.15) is 0 Å². The number of nitrogens with two attached hydrogens (primary N) is 1. The van der Waals surface area contributed by atoms with Gasteiger partial charge >= 0.3 is 0 Å². The molecule has 1 saturated carbocycles. The zero-order chi connectivity index (χ0) is 12.3. The summed E-state index contributed by atoms with van der Waals surface area (Å²) in [5, 5.41) is 0. The number of rotatable bonds is 6. The highest BCUT2D eigenvalue weighted by Crippen LogP contribution is 2.37. The smallest absolute Gasteiger partial charge is 0.171 e. The van der Waals surface area contributed by atoms with Crippen molar-refractivity contribution >= 4 is 11.6 Å². The number of nitrogens with zero attached hydrogens (tertiary/aromatic N) is 3. The Morgan fingerprint density at radius 2 is 2.18 bits per heavy atom. The number of nitrogen functional groups attached to an aromatic ring is 1. The maximum atomic E-state index is 5.90. The van der Waals surface area contributed by atoms with Gasteiger partial charge in [-0.05, 0) is 25.7 Å². The molecule has 5 heteroatoms. The van der Waals surface area contributed by atoms with Crippen molar-refractivity contribution in [3.8, 4) is 0 Å². The van der Waals surface area contributed by atoms with Crippen LogP contribution in [0.3, 0.4) is 0 Å². The zero-order valence-electron chi connectivity index (χ0n) is 10.5. The van der Waals surface area contributed by atoms with Gasteiger partial charge in [-0.25, -0.2) is 9.97 Å². The molecule has 1 atom stereocenters. The van der Waals surface area contributed by atoms with E-state index >= 15 is 0 Å². The highest BCUT2D eigenvalue weighted by molar-refractivity contribution is 5.58. The van der Waals surface area contributed by atoms with Gasteiger partial charge in [0.25, 0.3) is 0 Å². The monoisotopic (exact) mass is 236 g/mol. The molecule has 5 nitrogen and oxygen atoms in total. The molecule has 0 radical (unpaired) electrons. The van der Waals surface area contributed by atoms with Crippen LogP contribution < -0.4 is 10.6 Å². The Bertz CT molecular complexity index is 367. The maximum Gasteiger partial charge on any atom is 0.171 e. The predicted molar refractivity (Wildman–Crippen MR) is 67.9 cm³/mol. The Balaban J connectivity index is 2.16. The summed E-state index contributed by atoms with van der Waals surface area (Å²) in [5.74, 6) is 2.04. The van der Waals surface area contributed by atoms with Gasteiger partial charge in [-0.15, -0.1) is 0 Å². The summed E-state index contributed by atoms with van der Waals surface area (Å²) in [6.45, 7) is 3.70. The van der Waals surface area contributed by atoms with E-state index in [1.807, 2.05) is 0 Å². The Labute approximate surface area is 102 Å². The van der Waals surface area contributed by atoms with Gasteiger partial charge in [-0.3, -0.25) is 0 Å². The molecule has 0 aliphatic heterocycles. The van der Waals surface area contributed by atoms with E-state index in [-0.39, 0.29) is 0 Å². The van der Waals surface area contributed by atoms with Crippen LogP contribution in [0.5, 0.6) is 0 Å². The molecule has 17 heavy (non-hydrogen) atoms. The molecule has 1 aliphatic rings. The summed E-state index contributed by atoms with van der Waals surface area (Å²) in [5.41, 5.74) is 5.90. The van der Waals surface area contributed by atoms with Gasteiger partial charge in [0, 0.05) is 32.1 Å². The highest BCUT2D eigenvalue weighted by Gasteiger charge is 2.33. The minimum absolute atomic E-state index is 0.448. The lowest BCUT2D eigenvalue weighted by Gasteiger charge is -2.30. The average Bonchev–Trinajstić information content (AvgIpc) is 3.15. The van der Waals surface area contributed by atoms with Crippen LogP contribution in [0.2, 0.25) is 0 Å². The lowest BCUT2D eigenvalue weighted by atomic mass is 10.2. The van der Waals surface area contributed by atoms with E-state index in [0.29, 0.717) is 18.5 Å². The second kappa shape index (κ2) is 5.31. The third-order valence-electron chi connectivity index (χ3n) is 3.31. The standard InChI is InChI=1S/C12H20N4O/c1-9(10-3-4-10)16(7-8-17-2)12-11(13)14-5-6-15-12/h5-6,9-10H,3-4,7-8H2,1-2H3,(H2,13,14). The van der Waals surface area contributed by atoms with Gasteiger partial charge in [0.2, 0.25) is 0 Å². The van der Waals surface area contributed by atoms with E-state index in [2.05, 4.69) is 21.8 Å². The minimum atomic E-state index is 0.448. The van der Waals surface area contributed by atoms with Crippen LogP contribution in [0.25, 0.3) is 0 Å². The van der Waals surface area contributed by atoms with Gasteiger partial charge in [0.05, 0.1) is 6.61 Å². The van der Waals surface area contributed by atoms with Crippen molar-refractivity contribution in [2.75, 3.05) is 30.9 Å². The lowest BCUT2D eigenvalue weighted by molar-refractivity contribution is 0.202. The molecule has 0 bridgehead atoms. The first kappa shape index (κ1) is 12.1. The summed E-state index contributed by atoms with van der Waals surface area (Å²) >= 11 is 0. The first-order chi connectivity index (χ1) is 8.24. The van der Waals surface area contributed by atoms with Gasteiger partial charge in [0.15, 0.2) is 11.6 Å². The van der Waals surface area contributed by atoms with Crippen LogP contribution in [0, 0.1) is 5.92 Å². The summed E-state index contributed by atoms with van der Waals surface area (Å²) in [6, 6.07) is 0.448. The third kappa shape index (κ3) is 2.85. The van der Waals surface area contributed by atoms with Crippen molar-refractivity contribution in [2.24, 2.45) is 5.92 Å². The van der Waals surface area contributed by atoms with Crippen molar-refractivity contribution < 1.29 is 4.74 Å². The normalized spacial score (nSPS) is 16.8. The summed E-state index contributed by atoms with van der Waals surface area (Å²) in [7, 11) is 1.71. The fourth-order valence-corrected chi connectivity index (χ4v) is 2.09. The summed E-state index contributed by atoms with van der Waals surface area (Å²) in [6.07, 6.45) is 5.90. The van der Waals surface area contributed by atoms with E-state index < -0.39 is 0 Å². The lowest BCUT2D eigenvalue weighted by Crippen LogP contribution is -2.38. The Kier molecular flexibility index (Phi) is 3.78. The Morgan fingerprint density at radius 3 is 2.76 bits per heavy atom. The third-order valence-corrected chi connectivity index (χ3v) is 3.31. The average molecular weight is 236 g/mol. The van der Waals surface area contributed by atoms with E-state index in [4.69, 9.17) is 10.5 Å². The molecule has 0 aromatic carbocycles. The molecule has 2 rings (SSSR count). The van der Waals surface area contributed by atoms with Gasteiger partial charge in [-0.1, -0.05) is 0 Å². The molecule has 1 unspecified atom stereocenters. The van der Waals surface area contributed by atoms with E-state index in [0.717, 1.165) is 18.3 Å². The van der Waals surface area contributed by atoms with Crippen molar-refractivity contribution in [3.05, 3.63) is 12.4 Å². The van der Waals surface area contributed by atoms with Crippen LogP contribution >= 0.6 is 0 Å². The quantitative estimate of drug-likeness (QED) is 0.806. The minimum Gasteiger partial charge on any atom is -0.383 e. The summed E-state index contributed by atoms with van der Waals surface area (Å²) < 4.78 is 5.15. The van der Waals surface area contributed by atoms with E-state index in [1.54, 1.807) is 19.5 Å². The molecule has 1 fully saturated rings. The molecule has 1 aliphatic carbocycles. The first-order valence-corrected chi connectivity index (χ1v) is 6.06. The fourth-order valence-electron chi connectivity index (χ4n) is 2.09. The van der Waals surface area contributed by atoms with Crippen molar-refractivity contribution in [1.29, 1.82) is 0 Å². The molecular weight excluding hydrogens is 216 g/mol. The summed E-state index contributed by atoms with van der Waals surface area (Å²) in [4.78, 5) is 10.7. The zero-order valence-corrected chi connectivity index (χ0v) is 10.5. The topological polar surface area (TPSA) is 64.3 Å².